The molecule has 1 aliphatic rings. The molecule has 14 heavy (non-hydrogen) atoms. The number of aromatic nitrogens is 1. The van der Waals surface area contributed by atoms with Crippen molar-refractivity contribution in [1.29, 1.82) is 0 Å². The number of halogens is 1. The Morgan fingerprint density at radius 1 is 1.57 bits per heavy atom. The van der Waals surface area contributed by atoms with Crippen LogP contribution < -0.4 is 10.6 Å². The first kappa shape index (κ1) is 9.93. The summed E-state index contributed by atoms with van der Waals surface area (Å²) in [6.07, 6.45) is 2.40. The van der Waals surface area contributed by atoms with Crippen molar-refractivity contribution < 1.29 is 0 Å². The number of rotatable bonds is 2. The molecule has 1 unspecified atom stereocenters. The van der Waals surface area contributed by atoms with Gasteiger partial charge in [0.25, 0.3) is 0 Å². The van der Waals surface area contributed by atoms with Gasteiger partial charge < -0.3 is 10.6 Å². The van der Waals surface area contributed by atoms with Gasteiger partial charge in [0.15, 0.2) is 0 Å². The highest BCUT2D eigenvalue weighted by Gasteiger charge is 2.23. The van der Waals surface area contributed by atoms with E-state index in [0.717, 1.165) is 17.0 Å². The summed E-state index contributed by atoms with van der Waals surface area (Å²) in [4.78, 5) is 6.74. The monoisotopic (exact) mass is 255 g/mol. The van der Waals surface area contributed by atoms with Crippen LogP contribution in [0.25, 0.3) is 0 Å². The van der Waals surface area contributed by atoms with Crippen LogP contribution in [0.1, 0.15) is 12.8 Å². The molecule has 76 valence electrons. The number of nitrogens with two attached hydrogens (primary N) is 1. The van der Waals surface area contributed by atoms with Crippen LogP contribution in [0.4, 0.5) is 5.82 Å². The van der Waals surface area contributed by atoms with Gasteiger partial charge in [-0.1, -0.05) is 6.07 Å². The van der Waals surface area contributed by atoms with Crippen molar-refractivity contribution in [3.63, 3.8) is 0 Å². The van der Waals surface area contributed by atoms with Crippen LogP contribution >= 0.6 is 15.9 Å². The highest BCUT2D eigenvalue weighted by molar-refractivity contribution is 9.10. The molecule has 2 heterocycles. The Kier molecular flexibility index (Phi) is 3.03. The van der Waals surface area contributed by atoms with Crippen molar-refractivity contribution in [3.8, 4) is 0 Å². The first-order chi connectivity index (χ1) is 6.81. The molecule has 4 heteroatoms. The quantitative estimate of drug-likeness (QED) is 0.820. The zero-order valence-corrected chi connectivity index (χ0v) is 9.57. The van der Waals surface area contributed by atoms with Crippen molar-refractivity contribution in [2.45, 2.75) is 18.9 Å². The lowest BCUT2D eigenvalue weighted by atomic mass is 10.2. The summed E-state index contributed by atoms with van der Waals surface area (Å²) in [6.45, 7) is 1.79. The molecule has 3 nitrogen and oxygen atoms in total. The summed E-state index contributed by atoms with van der Waals surface area (Å²) in [7, 11) is 0. The average molecular weight is 256 g/mol. The normalized spacial score (nSPS) is 21.6. The van der Waals surface area contributed by atoms with E-state index in [1.807, 2.05) is 18.2 Å². The largest absolute Gasteiger partial charge is 0.352 e. The molecule has 1 aliphatic heterocycles. The Labute approximate surface area is 92.4 Å². The van der Waals surface area contributed by atoms with E-state index in [1.54, 1.807) is 0 Å². The number of hydrogen-bond acceptors (Lipinski definition) is 3. The Balaban J connectivity index is 2.21. The van der Waals surface area contributed by atoms with Crippen LogP contribution in [0.15, 0.2) is 22.8 Å². The lowest BCUT2D eigenvalue weighted by molar-refractivity contribution is 0.671. The summed E-state index contributed by atoms with van der Waals surface area (Å²) in [5, 5.41) is 0. The Bertz CT molecular complexity index is 316. The number of hydrogen-bond donors (Lipinski definition) is 1. The molecule has 0 aromatic carbocycles. The fourth-order valence-corrected chi connectivity index (χ4v) is 2.27. The van der Waals surface area contributed by atoms with Gasteiger partial charge in [0, 0.05) is 19.1 Å². The number of anilines is 1. The zero-order chi connectivity index (χ0) is 9.97. The van der Waals surface area contributed by atoms with E-state index in [2.05, 4.69) is 25.8 Å². The molecule has 1 saturated heterocycles. The maximum Gasteiger partial charge on any atom is 0.130 e. The van der Waals surface area contributed by atoms with E-state index in [9.17, 15) is 0 Å². The standard InChI is InChI=1S/C10H14BrN3/c11-9-4-1-5-10(13-9)14-6-2-3-8(14)7-12/h1,4-5,8H,2-3,6-7,12H2. The Morgan fingerprint density at radius 3 is 3.14 bits per heavy atom. The van der Waals surface area contributed by atoms with Crippen LogP contribution in [0, 0.1) is 0 Å². The van der Waals surface area contributed by atoms with Crippen LogP contribution in [0.5, 0.6) is 0 Å². The maximum atomic E-state index is 5.72. The highest BCUT2D eigenvalue weighted by Crippen LogP contribution is 2.24. The maximum absolute atomic E-state index is 5.72. The molecule has 1 fully saturated rings. The molecule has 0 amide bonds. The van der Waals surface area contributed by atoms with E-state index >= 15 is 0 Å². The topological polar surface area (TPSA) is 42.1 Å². The summed E-state index contributed by atoms with van der Waals surface area (Å²) in [5.41, 5.74) is 5.72. The molecule has 2 N–H and O–H groups in total. The van der Waals surface area contributed by atoms with Crippen molar-refractivity contribution in [2.75, 3.05) is 18.0 Å². The summed E-state index contributed by atoms with van der Waals surface area (Å²) < 4.78 is 0.887. The van der Waals surface area contributed by atoms with E-state index in [4.69, 9.17) is 5.73 Å². The number of nitrogens with zero attached hydrogens (tertiary/aromatic N) is 2. The molecule has 1 aromatic rings. The van der Waals surface area contributed by atoms with E-state index in [1.165, 1.54) is 12.8 Å². The van der Waals surface area contributed by atoms with Gasteiger partial charge in [0.05, 0.1) is 0 Å². The van der Waals surface area contributed by atoms with Crippen LogP contribution in [0.2, 0.25) is 0 Å². The summed E-state index contributed by atoms with van der Waals surface area (Å²) >= 11 is 3.38. The third-order valence-corrected chi connectivity index (χ3v) is 3.09. The van der Waals surface area contributed by atoms with E-state index < -0.39 is 0 Å². The minimum absolute atomic E-state index is 0.469. The molecule has 0 spiro atoms. The predicted octanol–water partition coefficient (Wildman–Crippen LogP) is 1.77. The van der Waals surface area contributed by atoms with Crippen LogP contribution in [-0.4, -0.2) is 24.1 Å². The predicted molar refractivity (Wildman–Crippen MR) is 61.4 cm³/mol. The molecule has 0 aliphatic carbocycles. The van der Waals surface area contributed by atoms with Crippen molar-refractivity contribution in [1.82, 2.24) is 4.98 Å². The van der Waals surface area contributed by atoms with Gasteiger partial charge in [-0.15, -0.1) is 0 Å². The molecule has 1 atom stereocenters. The third kappa shape index (κ3) is 1.91. The van der Waals surface area contributed by atoms with Crippen molar-refractivity contribution >= 4 is 21.7 Å². The van der Waals surface area contributed by atoms with E-state index in [0.29, 0.717) is 12.6 Å². The van der Waals surface area contributed by atoms with Gasteiger partial charge in [-0.05, 0) is 40.9 Å². The Morgan fingerprint density at radius 2 is 2.43 bits per heavy atom. The first-order valence-electron chi connectivity index (χ1n) is 4.90. The van der Waals surface area contributed by atoms with Gasteiger partial charge in [-0.2, -0.15) is 0 Å². The van der Waals surface area contributed by atoms with Gasteiger partial charge >= 0.3 is 0 Å². The Hall–Kier alpha value is -0.610. The van der Waals surface area contributed by atoms with Gasteiger partial charge in [0.2, 0.25) is 0 Å². The van der Waals surface area contributed by atoms with Crippen LogP contribution in [0.3, 0.4) is 0 Å². The van der Waals surface area contributed by atoms with Gasteiger partial charge in [-0.25, -0.2) is 4.98 Å². The molecule has 2 rings (SSSR count). The minimum Gasteiger partial charge on any atom is -0.352 e. The number of pyridine rings is 1. The summed E-state index contributed by atoms with van der Waals surface area (Å²) in [6, 6.07) is 6.46. The second-order valence-corrected chi connectivity index (χ2v) is 4.36. The fraction of sp³-hybridized carbons (Fsp3) is 0.500. The lowest BCUT2D eigenvalue weighted by Crippen LogP contribution is -2.35. The molecule has 0 bridgehead atoms. The van der Waals surface area contributed by atoms with Crippen molar-refractivity contribution in [2.24, 2.45) is 5.73 Å². The lowest BCUT2D eigenvalue weighted by Gasteiger charge is -2.24. The molecule has 1 aromatic heterocycles. The molecule has 0 radical (unpaired) electrons. The van der Waals surface area contributed by atoms with Crippen molar-refractivity contribution in [3.05, 3.63) is 22.8 Å². The minimum atomic E-state index is 0.469. The first-order valence-corrected chi connectivity index (χ1v) is 5.70. The fourth-order valence-electron chi connectivity index (χ4n) is 1.94. The molecular weight excluding hydrogens is 242 g/mol. The second kappa shape index (κ2) is 4.28. The van der Waals surface area contributed by atoms with E-state index in [-0.39, 0.29) is 0 Å². The molecular formula is C10H14BrN3. The van der Waals surface area contributed by atoms with Crippen LogP contribution in [-0.2, 0) is 0 Å². The van der Waals surface area contributed by atoms with Gasteiger partial charge in [0.1, 0.15) is 10.4 Å². The third-order valence-electron chi connectivity index (χ3n) is 2.64. The zero-order valence-electron chi connectivity index (χ0n) is 7.99. The highest BCUT2D eigenvalue weighted by atomic mass is 79.9. The molecule has 0 saturated carbocycles. The second-order valence-electron chi connectivity index (χ2n) is 3.54. The van der Waals surface area contributed by atoms with Gasteiger partial charge in [-0.3, -0.25) is 0 Å². The average Bonchev–Trinajstić information content (AvgIpc) is 2.65. The summed E-state index contributed by atoms with van der Waals surface area (Å²) in [5.74, 6) is 1.03. The smallest absolute Gasteiger partial charge is 0.130 e. The SMILES string of the molecule is NCC1CCCN1c1cccc(Br)n1.